The van der Waals surface area contributed by atoms with E-state index in [1.165, 1.54) is 6.07 Å². The van der Waals surface area contributed by atoms with Gasteiger partial charge in [0.15, 0.2) is 0 Å². The first-order chi connectivity index (χ1) is 6.15. The van der Waals surface area contributed by atoms with Crippen LogP contribution in [0, 0.1) is 21.7 Å². The van der Waals surface area contributed by atoms with E-state index in [4.69, 9.17) is 11.2 Å². The molecule has 0 atom stereocenters. The van der Waals surface area contributed by atoms with Gasteiger partial charge in [-0.3, -0.25) is 0 Å². The van der Waals surface area contributed by atoms with Gasteiger partial charge in [-0.05, 0) is 50.7 Å². The Morgan fingerprint density at radius 3 is 2.92 bits per heavy atom. The molecule has 0 aliphatic carbocycles. The highest BCUT2D eigenvalue weighted by Crippen LogP contribution is 2.27. The van der Waals surface area contributed by atoms with E-state index in [0.717, 1.165) is 0 Å². The second kappa shape index (κ2) is 4.82. The Bertz CT molecular complexity index is 359. The highest BCUT2D eigenvalue weighted by molar-refractivity contribution is 14.1. The maximum absolute atomic E-state index is 12.9. The van der Waals surface area contributed by atoms with Crippen molar-refractivity contribution in [2.75, 3.05) is 6.61 Å². The van der Waals surface area contributed by atoms with E-state index in [1.54, 1.807) is 6.07 Å². The van der Waals surface area contributed by atoms with Gasteiger partial charge in [0.1, 0.15) is 18.2 Å². The lowest BCUT2D eigenvalue weighted by molar-refractivity contribution is 0.366. The minimum Gasteiger partial charge on any atom is -0.480 e. The predicted octanol–water partition coefficient (Wildman–Crippen LogP) is 3.20. The Kier molecular flexibility index (Phi) is 4.00. The van der Waals surface area contributed by atoms with Crippen LogP contribution in [0.25, 0.3) is 0 Å². The van der Waals surface area contributed by atoms with E-state index in [-0.39, 0.29) is 12.4 Å². The molecule has 0 spiro atoms. The van der Waals surface area contributed by atoms with Crippen molar-refractivity contribution < 1.29 is 9.13 Å². The quantitative estimate of drug-likeness (QED) is 0.450. The molecule has 0 heterocycles. The summed E-state index contributed by atoms with van der Waals surface area (Å²) in [7, 11) is 0. The summed E-state index contributed by atoms with van der Waals surface area (Å²) in [5.74, 6) is 2.62. The van der Waals surface area contributed by atoms with Gasteiger partial charge in [0.25, 0.3) is 0 Å². The lowest BCUT2D eigenvalue weighted by atomic mass is 10.3. The minimum atomic E-state index is -0.308. The number of benzene rings is 1. The summed E-state index contributed by atoms with van der Waals surface area (Å²) >= 11 is 5.05. The van der Waals surface area contributed by atoms with Gasteiger partial charge in [-0.2, -0.15) is 0 Å². The van der Waals surface area contributed by atoms with E-state index < -0.39 is 0 Å². The third-order valence-corrected chi connectivity index (χ3v) is 2.74. The van der Waals surface area contributed by atoms with Crippen LogP contribution >= 0.6 is 38.5 Å². The molecule has 0 radical (unpaired) electrons. The van der Waals surface area contributed by atoms with E-state index >= 15 is 0 Å². The first kappa shape index (κ1) is 10.8. The van der Waals surface area contributed by atoms with Crippen LogP contribution in [0.1, 0.15) is 0 Å². The standard InChI is InChI=1S/C9H5BrFIO/c1-2-3-13-9-4-6(10)7(11)5-8(9)12/h1,4-5H,3H2. The second-order valence-electron chi connectivity index (χ2n) is 2.19. The maximum atomic E-state index is 12.9. The number of terminal acetylenes is 1. The third-order valence-electron chi connectivity index (χ3n) is 1.29. The summed E-state index contributed by atoms with van der Waals surface area (Å²) in [6.45, 7) is 0.189. The van der Waals surface area contributed by atoms with Gasteiger partial charge >= 0.3 is 0 Å². The molecule has 0 fully saturated rings. The van der Waals surface area contributed by atoms with Gasteiger partial charge in [0.2, 0.25) is 0 Å². The highest BCUT2D eigenvalue weighted by Gasteiger charge is 2.06. The van der Waals surface area contributed by atoms with Crippen LogP contribution in [0.15, 0.2) is 16.6 Å². The van der Waals surface area contributed by atoms with E-state index in [9.17, 15) is 4.39 Å². The molecule has 0 aromatic heterocycles. The van der Waals surface area contributed by atoms with Gasteiger partial charge in [-0.15, -0.1) is 6.42 Å². The van der Waals surface area contributed by atoms with Gasteiger partial charge in [-0.1, -0.05) is 5.92 Å². The summed E-state index contributed by atoms with van der Waals surface area (Å²) in [5, 5.41) is 0. The summed E-state index contributed by atoms with van der Waals surface area (Å²) < 4.78 is 19.2. The molecule has 0 bridgehead atoms. The fraction of sp³-hybridized carbons (Fsp3) is 0.111. The summed E-state index contributed by atoms with van der Waals surface area (Å²) in [4.78, 5) is 0. The smallest absolute Gasteiger partial charge is 0.148 e. The molecule has 1 rings (SSSR count). The van der Waals surface area contributed by atoms with Gasteiger partial charge in [0, 0.05) is 0 Å². The summed E-state index contributed by atoms with van der Waals surface area (Å²) in [5.41, 5.74) is 0. The van der Waals surface area contributed by atoms with Gasteiger partial charge in [-0.25, -0.2) is 4.39 Å². The average molecular weight is 355 g/mol. The molecular weight excluding hydrogens is 350 g/mol. The van der Waals surface area contributed by atoms with E-state index in [1.807, 2.05) is 22.6 Å². The topological polar surface area (TPSA) is 9.23 Å². The molecule has 0 aliphatic heterocycles. The fourth-order valence-electron chi connectivity index (χ4n) is 0.734. The predicted molar refractivity (Wildman–Crippen MR) is 61.1 cm³/mol. The number of rotatable bonds is 2. The number of hydrogen-bond donors (Lipinski definition) is 0. The molecule has 4 heteroatoms. The SMILES string of the molecule is C#CCOc1cc(Br)c(F)cc1I. The first-order valence-electron chi connectivity index (χ1n) is 3.36. The Morgan fingerprint density at radius 2 is 2.31 bits per heavy atom. The highest BCUT2D eigenvalue weighted by atomic mass is 127. The van der Waals surface area contributed by atoms with Crippen molar-refractivity contribution >= 4 is 38.5 Å². The zero-order valence-corrected chi connectivity index (χ0v) is 10.2. The molecule has 0 amide bonds. The zero-order valence-electron chi connectivity index (χ0n) is 6.48. The number of hydrogen-bond acceptors (Lipinski definition) is 1. The molecule has 0 saturated carbocycles. The first-order valence-corrected chi connectivity index (χ1v) is 5.23. The largest absolute Gasteiger partial charge is 0.480 e. The Hall–Kier alpha value is -0.280. The molecular formula is C9H5BrFIO. The molecule has 0 saturated heterocycles. The van der Waals surface area contributed by atoms with Crippen molar-refractivity contribution in [2.45, 2.75) is 0 Å². The molecule has 0 aliphatic rings. The molecule has 13 heavy (non-hydrogen) atoms. The minimum absolute atomic E-state index is 0.189. The Balaban J connectivity index is 2.96. The van der Waals surface area contributed by atoms with Crippen LogP contribution in [-0.2, 0) is 0 Å². The van der Waals surface area contributed by atoms with Gasteiger partial charge in [0.05, 0.1) is 8.04 Å². The molecule has 1 aromatic carbocycles. The van der Waals surface area contributed by atoms with Crippen molar-refractivity contribution in [1.29, 1.82) is 0 Å². The zero-order chi connectivity index (χ0) is 9.84. The van der Waals surface area contributed by atoms with Crippen molar-refractivity contribution in [1.82, 2.24) is 0 Å². The Labute approximate surface area is 97.9 Å². The normalized spacial score (nSPS) is 9.38. The molecule has 1 aromatic rings. The monoisotopic (exact) mass is 354 g/mol. The van der Waals surface area contributed by atoms with E-state index in [2.05, 4.69) is 21.9 Å². The van der Waals surface area contributed by atoms with Crippen LogP contribution in [-0.4, -0.2) is 6.61 Å². The molecule has 0 N–H and O–H groups in total. The third kappa shape index (κ3) is 2.85. The fourth-order valence-corrected chi connectivity index (χ4v) is 1.64. The lowest BCUT2D eigenvalue weighted by Gasteiger charge is -2.05. The van der Waals surface area contributed by atoms with E-state index in [0.29, 0.717) is 13.8 Å². The van der Waals surface area contributed by atoms with Crippen molar-refractivity contribution in [3.8, 4) is 18.1 Å². The van der Waals surface area contributed by atoms with Crippen LogP contribution in [0.5, 0.6) is 5.75 Å². The number of halogens is 3. The summed E-state index contributed by atoms with van der Waals surface area (Å²) in [6, 6.07) is 2.95. The average Bonchev–Trinajstić information content (AvgIpc) is 2.09. The van der Waals surface area contributed by atoms with Crippen LogP contribution in [0.2, 0.25) is 0 Å². The Morgan fingerprint density at radius 1 is 1.62 bits per heavy atom. The van der Waals surface area contributed by atoms with Crippen LogP contribution in [0.3, 0.4) is 0 Å². The summed E-state index contributed by atoms with van der Waals surface area (Å²) in [6.07, 6.45) is 5.03. The van der Waals surface area contributed by atoms with Crippen molar-refractivity contribution in [3.05, 3.63) is 26.0 Å². The lowest BCUT2D eigenvalue weighted by Crippen LogP contribution is -1.96. The molecule has 0 unspecified atom stereocenters. The second-order valence-corrected chi connectivity index (χ2v) is 4.21. The number of ether oxygens (including phenoxy) is 1. The maximum Gasteiger partial charge on any atom is 0.148 e. The van der Waals surface area contributed by atoms with Crippen molar-refractivity contribution in [3.63, 3.8) is 0 Å². The van der Waals surface area contributed by atoms with Crippen LogP contribution in [0.4, 0.5) is 4.39 Å². The van der Waals surface area contributed by atoms with Gasteiger partial charge < -0.3 is 4.74 Å². The van der Waals surface area contributed by atoms with Crippen LogP contribution < -0.4 is 4.74 Å². The molecule has 1 nitrogen and oxygen atoms in total. The van der Waals surface area contributed by atoms with Crippen molar-refractivity contribution in [2.24, 2.45) is 0 Å². The molecule has 68 valence electrons.